The number of nitrogens with zero attached hydrogens (tertiary/aromatic N) is 1. The number of carboxylic acids is 1. The van der Waals surface area contributed by atoms with E-state index in [1.807, 2.05) is 23.5 Å². The number of rotatable bonds is 3. The van der Waals surface area contributed by atoms with Crippen molar-refractivity contribution in [3.8, 4) is 0 Å². The van der Waals surface area contributed by atoms with Crippen molar-refractivity contribution in [2.45, 2.75) is 49.8 Å². The minimum Gasteiger partial charge on any atom is -0.481 e. The largest absolute Gasteiger partial charge is 0.481 e. The molecule has 0 aromatic rings. The van der Waals surface area contributed by atoms with Crippen LogP contribution >= 0.6 is 23.5 Å². The number of carbonyl (C=O) groups is 1. The summed E-state index contributed by atoms with van der Waals surface area (Å²) in [5.74, 6) is 3.86. The van der Waals surface area contributed by atoms with Crippen molar-refractivity contribution in [3.05, 3.63) is 0 Å². The van der Waals surface area contributed by atoms with Crippen LogP contribution in [0.1, 0.15) is 32.1 Å². The average molecular weight is 332 g/mol. The van der Waals surface area contributed by atoms with Gasteiger partial charge in [0.15, 0.2) is 0 Å². The summed E-state index contributed by atoms with van der Waals surface area (Å²) in [7, 11) is 0. The Morgan fingerprint density at radius 3 is 2.86 bits per heavy atom. The molecule has 0 radical (unpaired) electrons. The molecule has 3 saturated heterocycles. The molecule has 3 heterocycles. The number of carboxylic acid groups (broad SMARTS) is 1. The lowest BCUT2D eigenvalue weighted by atomic mass is 9.84. The lowest BCUT2D eigenvalue weighted by Gasteiger charge is -2.49. The number of thioether (sulfide) groups is 2. The molecule has 3 aliphatic heterocycles. The van der Waals surface area contributed by atoms with Crippen molar-refractivity contribution >= 4 is 29.5 Å². The number of hydrogen-bond acceptors (Lipinski definition) is 5. The van der Waals surface area contributed by atoms with Gasteiger partial charge in [-0.15, -0.1) is 0 Å². The second kappa shape index (κ2) is 7.11. The standard InChI is InChI=1S/C15H25NO3S2/c17-14(18)9-13-11-21-8-4-16(13)12-1-5-19-15(10-12)2-6-20-7-3-15/h12-13H,1-11H2,(H,17,18). The number of aliphatic carboxylic acids is 1. The van der Waals surface area contributed by atoms with Crippen molar-refractivity contribution in [1.29, 1.82) is 0 Å². The van der Waals surface area contributed by atoms with Crippen LogP contribution in [0.25, 0.3) is 0 Å². The van der Waals surface area contributed by atoms with E-state index < -0.39 is 5.97 Å². The molecule has 0 aliphatic carbocycles. The minimum absolute atomic E-state index is 0.0898. The molecule has 0 aromatic heterocycles. The number of ether oxygens (including phenoxy) is 1. The zero-order chi connectivity index (χ0) is 14.7. The van der Waals surface area contributed by atoms with E-state index in [1.54, 1.807) is 0 Å². The third-order valence-electron chi connectivity index (χ3n) is 5.02. The highest BCUT2D eigenvalue weighted by atomic mass is 32.2. The minimum atomic E-state index is -0.664. The second-order valence-corrected chi connectivity index (χ2v) is 8.73. The van der Waals surface area contributed by atoms with Crippen molar-refractivity contribution in [2.24, 2.45) is 0 Å². The van der Waals surface area contributed by atoms with Crippen LogP contribution in [0, 0.1) is 0 Å². The van der Waals surface area contributed by atoms with Gasteiger partial charge < -0.3 is 9.84 Å². The van der Waals surface area contributed by atoms with E-state index in [2.05, 4.69) is 4.90 Å². The highest BCUT2D eigenvalue weighted by Crippen LogP contribution is 2.40. The molecule has 3 rings (SSSR count). The van der Waals surface area contributed by atoms with Gasteiger partial charge in [0.05, 0.1) is 12.0 Å². The fraction of sp³-hybridized carbons (Fsp3) is 0.933. The highest BCUT2D eigenvalue weighted by molar-refractivity contribution is 7.99. The van der Waals surface area contributed by atoms with Crippen LogP contribution in [-0.2, 0) is 9.53 Å². The van der Waals surface area contributed by atoms with Gasteiger partial charge in [-0.3, -0.25) is 9.69 Å². The summed E-state index contributed by atoms with van der Waals surface area (Å²) >= 11 is 3.93. The molecule has 21 heavy (non-hydrogen) atoms. The Balaban J connectivity index is 1.67. The molecular formula is C15H25NO3S2. The molecular weight excluding hydrogens is 306 g/mol. The molecule has 1 N–H and O–H groups in total. The maximum absolute atomic E-state index is 11.1. The maximum Gasteiger partial charge on any atom is 0.304 e. The zero-order valence-corrected chi connectivity index (χ0v) is 14.1. The quantitative estimate of drug-likeness (QED) is 0.856. The summed E-state index contributed by atoms with van der Waals surface area (Å²) in [6.45, 7) is 1.89. The van der Waals surface area contributed by atoms with Crippen molar-refractivity contribution in [1.82, 2.24) is 4.90 Å². The third kappa shape index (κ3) is 3.89. The van der Waals surface area contributed by atoms with Gasteiger partial charge in [-0.2, -0.15) is 23.5 Å². The summed E-state index contributed by atoms with van der Waals surface area (Å²) in [5, 5.41) is 9.16. The SMILES string of the molecule is O=C(O)CC1CSCCN1C1CCOC2(CCSCC2)C1. The van der Waals surface area contributed by atoms with Crippen LogP contribution in [0.3, 0.4) is 0 Å². The molecule has 0 bridgehead atoms. The highest BCUT2D eigenvalue weighted by Gasteiger charge is 2.42. The lowest BCUT2D eigenvalue weighted by Crippen LogP contribution is -2.55. The summed E-state index contributed by atoms with van der Waals surface area (Å²) in [5.41, 5.74) is 0.0898. The Kier molecular flexibility index (Phi) is 5.41. The summed E-state index contributed by atoms with van der Waals surface area (Å²) in [6.07, 6.45) is 4.79. The predicted octanol–water partition coefficient (Wildman–Crippen LogP) is 2.32. The Morgan fingerprint density at radius 1 is 1.29 bits per heavy atom. The molecule has 0 aromatic carbocycles. The molecule has 3 fully saturated rings. The number of hydrogen-bond donors (Lipinski definition) is 1. The Labute approximate surface area is 135 Å². The molecule has 4 nitrogen and oxygen atoms in total. The normalized spacial score (nSPS) is 33.9. The smallest absolute Gasteiger partial charge is 0.304 e. The molecule has 6 heteroatoms. The first kappa shape index (κ1) is 16.0. The van der Waals surface area contributed by atoms with Crippen molar-refractivity contribution < 1.29 is 14.6 Å². The van der Waals surface area contributed by atoms with Crippen molar-refractivity contribution in [3.63, 3.8) is 0 Å². The van der Waals surface area contributed by atoms with Crippen LogP contribution < -0.4 is 0 Å². The topological polar surface area (TPSA) is 49.8 Å². The van der Waals surface area contributed by atoms with Gasteiger partial charge >= 0.3 is 5.97 Å². The molecule has 0 amide bonds. The van der Waals surface area contributed by atoms with Crippen LogP contribution in [0.15, 0.2) is 0 Å². The first-order chi connectivity index (χ1) is 10.2. The van der Waals surface area contributed by atoms with E-state index in [0.717, 1.165) is 37.5 Å². The third-order valence-corrected chi connectivity index (χ3v) is 7.10. The monoisotopic (exact) mass is 331 g/mol. The molecule has 0 saturated carbocycles. The van der Waals surface area contributed by atoms with Crippen LogP contribution in [-0.4, -0.2) is 69.8 Å². The van der Waals surface area contributed by atoms with Gasteiger partial charge in [0.2, 0.25) is 0 Å². The molecule has 120 valence electrons. The average Bonchev–Trinajstić information content (AvgIpc) is 2.48. The summed E-state index contributed by atoms with van der Waals surface area (Å²) in [4.78, 5) is 13.6. The maximum atomic E-state index is 11.1. The van der Waals surface area contributed by atoms with Gasteiger partial charge in [-0.1, -0.05) is 0 Å². The molecule has 3 aliphatic rings. The Morgan fingerprint density at radius 2 is 2.10 bits per heavy atom. The predicted molar refractivity (Wildman–Crippen MR) is 88.3 cm³/mol. The first-order valence-corrected chi connectivity index (χ1v) is 10.3. The van der Waals surface area contributed by atoms with E-state index in [-0.39, 0.29) is 18.1 Å². The van der Waals surface area contributed by atoms with Gasteiger partial charge in [-0.05, 0) is 37.2 Å². The zero-order valence-electron chi connectivity index (χ0n) is 12.5. The van der Waals surface area contributed by atoms with E-state index in [9.17, 15) is 4.79 Å². The summed E-state index contributed by atoms with van der Waals surface area (Å²) in [6, 6.07) is 0.728. The van der Waals surface area contributed by atoms with Crippen molar-refractivity contribution in [2.75, 3.05) is 36.2 Å². The molecule has 1 spiro atoms. The van der Waals surface area contributed by atoms with Crippen LogP contribution in [0.4, 0.5) is 0 Å². The van der Waals surface area contributed by atoms with E-state index in [0.29, 0.717) is 6.04 Å². The van der Waals surface area contributed by atoms with Crippen LogP contribution in [0.5, 0.6) is 0 Å². The molecule has 2 atom stereocenters. The van der Waals surface area contributed by atoms with Gasteiger partial charge in [0.1, 0.15) is 0 Å². The van der Waals surface area contributed by atoms with Gasteiger partial charge in [0, 0.05) is 36.7 Å². The van der Waals surface area contributed by atoms with E-state index in [1.165, 1.54) is 24.3 Å². The van der Waals surface area contributed by atoms with Gasteiger partial charge in [-0.25, -0.2) is 0 Å². The Hall–Kier alpha value is 0.0900. The van der Waals surface area contributed by atoms with E-state index >= 15 is 0 Å². The van der Waals surface area contributed by atoms with Gasteiger partial charge in [0.25, 0.3) is 0 Å². The van der Waals surface area contributed by atoms with E-state index in [4.69, 9.17) is 9.84 Å². The second-order valence-electron chi connectivity index (χ2n) is 6.35. The molecule has 2 unspecified atom stereocenters. The fourth-order valence-corrected chi connectivity index (χ4v) is 6.23. The summed E-state index contributed by atoms with van der Waals surface area (Å²) < 4.78 is 6.18. The Bertz CT molecular complexity index is 368. The fourth-order valence-electron chi connectivity index (χ4n) is 3.90. The lowest BCUT2D eigenvalue weighted by molar-refractivity contribution is -0.140. The first-order valence-electron chi connectivity index (χ1n) is 7.96. The van der Waals surface area contributed by atoms with Crippen LogP contribution in [0.2, 0.25) is 0 Å².